The first-order chi connectivity index (χ1) is 8.77. The van der Waals surface area contributed by atoms with E-state index in [0.29, 0.717) is 12.5 Å². The van der Waals surface area contributed by atoms with Crippen molar-refractivity contribution < 1.29 is 22.7 Å². The van der Waals surface area contributed by atoms with Gasteiger partial charge in [-0.05, 0) is 24.1 Å². The van der Waals surface area contributed by atoms with E-state index < -0.39 is 29.7 Å². The molecule has 0 aliphatic carbocycles. The number of rotatable bonds is 5. The van der Waals surface area contributed by atoms with Crippen LogP contribution in [0, 0.1) is 5.82 Å². The summed E-state index contributed by atoms with van der Waals surface area (Å²) < 4.78 is 50.5. The van der Waals surface area contributed by atoms with E-state index in [4.69, 9.17) is 5.73 Å². The van der Waals surface area contributed by atoms with Crippen molar-refractivity contribution in [3.05, 3.63) is 35.1 Å². The van der Waals surface area contributed by atoms with E-state index in [0.717, 1.165) is 25.0 Å². The van der Waals surface area contributed by atoms with Gasteiger partial charge in [0.1, 0.15) is 5.82 Å². The van der Waals surface area contributed by atoms with Gasteiger partial charge < -0.3 is 10.8 Å². The maximum absolute atomic E-state index is 13.4. The van der Waals surface area contributed by atoms with Crippen LogP contribution in [0.25, 0.3) is 0 Å². The van der Waals surface area contributed by atoms with Crippen LogP contribution in [0.1, 0.15) is 43.4 Å². The van der Waals surface area contributed by atoms with Gasteiger partial charge in [0.05, 0.1) is 17.7 Å². The summed E-state index contributed by atoms with van der Waals surface area (Å²) in [6.07, 6.45) is -3.58. The van der Waals surface area contributed by atoms with E-state index >= 15 is 0 Å². The number of halogens is 5. The third-order valence-corrected chi connectivity index (χ3v) is 2.95. The SMILES string of the molecule is CCCC[C@H](O)[C@H](N)c1ccc(C(F)(F)F)c(F)c1.Cl. The lowest BCUT2D eigenvalue weighted by atomic mass is 9.97. The fourth-order valence-corrected chi connectivity index (χ4v) is 1.78. The molecule has 0 radical (unpaired) electrons. The first-order valence-corrected chi connectivity index (χ1v) is 6.07. The second-order valence-electron chi connectivity index (χ2n) is 4.47. The Morgan fingerprint density at radius 2 is 1.90 bits per heavy atom. The Hall–Kier alpha value is -0.850. The standard InChI is InChI=1S/C13H17F4NO.ClH/c1-2-3-4-11(19)12(18)8-5-6-9(10(14)7-8)13(15,16)17;/h5-7,11-12,19H,2-4,18H2,1H3;1H/t11-,12+;/m0./s1. The molecule has 0 spiro atoms. The Labute approximate surface area is 121 Å². The molecule has 0 amide bonds. The monoisotopic (exact) mass is 315 g/mol. The van der Waals surface area contributed by atoms with Crippen LogP contribution < -0.4 is 5.73 Å². The zero-order valence-corrected chi connectivity index (χ0v) is 11.8. The summed E-state index contributed by atoms with van der Waals surface area (Å²) in [5, 5.41) is 9.75. The summed E-state index contributed by atoms with van der Waals surface area (Å²) >= 11 is 0. The van der Waals surface area contributed by atoms with Crippen LogP contribution in [0.5, 0.6) is 0 Å². The molecule has 0 fully saturated rings. The van der Waals surface area contributed by atoms with E-state index in [1.54, 1.807) is 0 Å². The molecule has 7 heteroatoms. The summed E-state index contributed by atoms with van der Waals surface area (Å²) in [7, 11) is 0. The van der Waals surface area contributed by atoms with Crippen molar-refractivity contribution in [3.8, 4) is 0 Å². The summed E-state index contributed by atoms with van der Waals surface area (Å²) in [5.41, 5.74) is 4.54. The van der Waals surface area contributed by atoms with E-state index in [1.165, 1.54) is 0 Å². The maximum Gasteiger partial charge on any atom is 0.419 e. The van der Waals surface area contributed by atoms with Gasteiger partial charge in [-0.25, -0.2) is 4.39 Å². The molecule has 1 aromatic rings. The van der Waals surface area contributed by atoms with Crippen LogP contribution in [0.4, 0.5) is 17.6 Å². The highest BCUT2D eigenvalue weighted by Gasteiger charge is 2.34. The topological polar surface area (TPSA) is 46.2 Å². The number of unbranched alkanes of at least 4 members (excludes halogenated alkanes) is 1. The van der Waals surface area contributed by atoms with Crippen LogP contribution in [-0.4, -0.2) is 11.2 Å². The molecular weight excluding hydrogens is 298 g/mol. The average molecular weight is 316 g/mol. The molecule has 1 aromatic carbocycles. The molecule has 0 saturated carbocycles. The van der Waals surface area contributed by atoms with Crippen molar-refractivity contribution in [2.75, 3.05) is 0 Å². The molecule has 116 valence electrons. The fourth-order valence-electron chi connectivity index (χ4n) is 1.78. The normalized spacial score (nSPS) is 14.6. The van der Waals surface area contributed by atoms with E-state index in [9.17, 15) is 22.7 Å². The lowest BCUT2D eigenvalue weighted by molar-refractivity contribution is -0.140. The Kier molecular flexibility index (Phi) is 7.47. The van der Waals surface area contributed by atoms with Gasteiger partial charge in [0.25, 0.3) is 0 Å². The van der Waals surface area contributed by atoms with Gasteiger partial charge >= 0.3 is 6.18 Å². The highest BCUT2D eigenvalue weighted by Crippen LogP contribution is 2.32. The van der Waals surface area contributed by atoms with Crippen LogP contribution >= 0.6 is 12.4 Å². The first-order valence-electron chi connectivity index (χ1n) is 6.07. The number of aliphatic hydroxyl groups excluding tert-OH is 1. The van der Waals surface area contributed by atoms with Gasteiger partial charge in [-0.1, -0.05) is 25.8 Å². The van der Waals surface area contributed by atoms with Crippen LogP contribution in [0.2, 0.25) is 0 Å². The Bertz CT molecular complexity index is 425. The molecule has 3 N–H and O–H groups in total. The molecule has 2 nitrogen and oxygen atoms in total. The Morgan fingerprint density at radius 3 is 2.35 bits per heavy atom. The van der Waals surface area contributed by atoms with E-state index in [-0.39, 0.29) is 18.0 Å². The molecule has 0 unspecified atom stereocenters. The predicted molar refractivity (Wildman–Crippen MR) is 71.1 cm³/mol. The first kappa shape index (κ1) is 19.1. The van der Waals surface area contributed by atoms with Gasteiger partial charge in [-0.3, -0.25) is 0 Å². The molecule has 0 bridgehead atoms. The van der Waals surface area contributed by atoms with Gasteiger partial charge in [-0.2, -0.15) is 13.2 Å². The predicted octanol–water partition coefficient (Wildman–Crippen LogP) is 3.82. The number of hydrogen-bond donors (Lipinski definition) is 2. The molecule has 0 aliphatic rings. The lowest BCUT2D eigenvalue weighted by Crippen LogP contribution is -2.26. The van der Waals surface area contributed by atoms with Gasteiger partial charge in [0.2, 0.25) is 0 Å². The second kappa shape index (κ2) is 7.81. The molecule has 20 heavy (non-hydrogen) atoms. The number of alkyl halides is 3. The number of hydrogen-bond acceptors (Lipinski definition) is 2. The second-order valence-corrected chi connectivity index (χ2v) is 4.47. The van der Waals surface area contributed by atoms with Crippen molar-refractivity contribution in [1.29, 1.82) is 0 Å². The minimum Gasteiger partial charge on any atom is -0.391 e. The average Bonchev–Trinajstić information content (AvgIpc) is 2.33. The third kappa shape index (κ3) is 4.92. The van der Waals surface area contributed by atoms with Crippen LogP contribution in [0.15, 0.2) is 18.2 Å². The zero-order chi connectivity index (χ0) is 14.6. The summed E-state index contributed by atoms with van der Waals surface area (Å²) in [4.78, 5) is 0. The molecule has 2 atom stereocenters. The zero-order valence-electron chi connectivity index (χ0n) is 11.0. The Balaban J connectivity index is 0.00000361. The van der Waals surface area contributed by atoms with Crippen molar-refractivity contribution in [2.24, 2.45) is 5.73 Å². The number of aliphatic hydroxyl groups is 1. The molecular formula is C13H18ClF4NO. The molecule has 0 aliphatic heterocycles. The molecule has 0 aromatic heterocycles. The minimum atomic E-state index is -4.73. The van der Waals surface area contributed by atoms with Crippen LogP contribution in [-0.2, 0) is 6.18 Å². The summed E-state index contributed by atoms with van der Waals surface area (Å²) in [6, 6.07) is 1.61. The van der Waals surface area contributed by atoms with E-state index in [1.807, 2.05) is 6.92 Å². The van der Waals surface area contributed by atoms with Crippen LogP contribution in [0.3, 0.4) is 0 Å². The summed E-state index contributed by atoms with van der Waals surface area (Å²) in [5.74, 6) is -1.37. The highest BCUT2D eigenvalue weighted by atomic mass is 35.5. The quantitative estimate of drug-likeness (QED) is 0.811. The third-order valence-electron chi connectivity index (χ3n) is 2.95. The molecule has 0 saturated heterocycles. The number of nitrogens with two attached hydrogens (primary N) is 1. The van der Waals surface area contributed by atoms with Crippen molar-refractivity contribution >= 4 is 12.4 Å². The van der Waals surface area contributed by atoms with E-state index in [2.05, 4.69) is 0 Å². The summed E-state index contributed by atoms with van der Waals surface area (Å²) in [6.45, 7) is 1.94. The lowest BCUT2D eigenvalue weighted by Gasteiger charge is -2.20. The van der Waals surface area contributed by atoms with Crippen molar-refractivity contribution in [2.45, 2.75) is 44.5 Å². The molecule has 0 heterocycles. The highest BCUT2D eigenvalue weighted by molar-refractivity contribution is 5.85. The minimum absolute atomic E-state index is 0. The van der Waals surface area contributed by atoms with Crippen molar-refractivity contribution in [1.82, 2.24) is 0 Å². The van der Waals surface area contributed by atoms with Gasteiger partial charge in [0, 0.05) is 0 Å². The van der Waals surface area contributed by atoms with Gasteiger partial charge in [-0.15, -0.1) is 12.4 Å². The van der Waals surface area contributed by atoms with Gasteiger partial charge in [0.15, 0.2) is 0 Å². The smallest absolute Gasteiger partial charge is 0.391 e. The maximum atomic E-state index is 13.4. The molecule has 1 rings (SSSR count). The van der Waals surface area contributed by atoms with Crippen molar-refractivity contribution in [3.63, 3.8) is 0 Å². The fraction of sp³-hybridized carbons (Fsp3) is 0.538. The Morgan fingerprint density at radius 1 is 1.30 bits per heavy atom. The number of benzene rings is 1. The largest absolute Gasteiger partial charge is 0.419 e.